The van der Waals surface area contributed by atoms with E-state index in [4.69, 9.17) is 15.0 Å². The van der Waals surface area contributed by atoms with Crippen LogP contribution in [0.25, 0.3) is 22.2 Å². The van der Waals surface area contributed by atoms with E-state index in [0.29, 0.717) is 6.42 Å². The van der Waals surface area contributed by atoms with Gasteiger partial charge in [0.15, 0.2) is 5.58 Å². The Hall–Kier alpha value is -3.18. The fraction of sp³-hybridized carbons (Fsp3) is 0.143. The van der Waals surface area contributed by atoms with E-state index in [9.17, 15) is 0 Å². The van der Waals surface area contributed by atoms with Crippen LogP contribution in [0.1, 0.15) is 17.3 Å². The van der Waals surface area contributed by atoms with Gasteiger partial charge in [0.2, 0.25) is 0 Å². The highest BCUT2D eigenvalue weighted by molar-refractivity contribution is 5.92. The number of ether oxygens (including phenoxy) is 1. The first-order chi connectivity index (χ1) is 12.8. The summed E-state index contributed by atoms with van der Waals surface area (Å²) in [6.07, 6.45) is 2.40. The zero-order valence-corrected chi connectivity index (χ0v) is 14.4. The molecule has 2 N–H and O–H groups in total. The first-order valence-corrected chi connectivity index (χ1v) is 8.44. The average molecular weight is 345 g/mol. The normalized spacial score (nSPS) is 12.2. The van der Waals surface area contributed by atoms with Crippen LogP contribution >= 0.6 is 0 Å². The topological polar surface area (TPSA) is 74.2 Å². The van der Waals surface area contributed by atoms with Gasteiger partial charge in [-0.1, -0.05) is 23.4 Å². The lowest BCUT2D eigenvalue weighted by Crippen LogP contribution is -2.15. The van der Waals surface area contributed by atoms with Gasteiger partial charge in [-0.25, -0.2) is 0 Å². The Morgan fingerprint density at radius 3 is 2.73 bits per heavy atom. The van der Waals surface area contributed by atoms with E-state index in [1.807, 2.05) is 60.7 Å². The van der Waals surface area contributed by atoms with E-state index >= 15 is 0 Å². The first kappa shape index (κ1) is 16.3. The Labute approximate surface area is 151 Å². The molecule has 0 unspecified atom stereocenters. The van der Waals surface area contributed by atoms with Crippen LogP contribution in [0.15, 0.2) is 71.4 Å². The van der Waals surface area contributed by atoms with Crippen LogP contribution in [0, 0.1) is 0 Å². The summed E-state index contributed by atoms with van der Waals surface area (Å²) in [5.41, 5.74) is 10.9. The number of nitrogens with zero attached hydrogens (tertiary/aromatic N) is 2. The largest absolute Gasteiger partial charge is 0.497 e. The monoisotopic (exact) mass is 345 g/mol. The van der Waals surface area contributed by atoms with Crippen molar-refractivity contribution in [3.63, 3.8) is 0 Å². The van der Waals surface area contributed by atoms with Crippen LogP contribution in [0.5, 0.6) is 5.75 Å². The second-order valence-electron chi connectivity index (χ2n) is 6.11. The highest BCUT2D eigenvalue weighted by Crippen LogP contribution is 2.35. The number of benzene rings is 2. The standard InChI is InChI=1S/C21H19N3O2/c1-25-15-9-10-16(21-17-7-2-3-8-20(17)26-24-21)18(13-15)19(22)12-14-6-4-5-11-23-14/h2-11,13,19H,12,22H2,1H3/t19-/m0/s1. The lowest BCUT2D eigenvalue weighted by atomic mass is 9.94. The number of rotatable bonds is 5. The number of hydrogen-bond donors (Lipinski definition) is 1. The summed E-state index contributed by atoms with van der Waals surface area (Å²) in [5, 5.41) is 5.25. The first-order valence-electron chi connectivity index (χ1n) is 8.44. The average Bonchev–Trinajstić information content (AvgIpc) is 3.12. The molecule has 0 aliphatic heterocycles. The van der Waals surface area contributed by atoms with Crippen molar-refractivity contribution in [2.75, 3.05) is 7.11 Å². The number of pyridine rings is 1. The summed E-state index contributed by atoms with van der Waals surface area (Å²) in [6.45, 7) is 0. The highest BCUT2D eigenvalue weighted by Gasteiger charge is 2.19. The van der Waals surface area contributed by atoms with Gasteiger partial charge in [0.05, 0.1) is 7.11 Å². The molecule has 0 spiro atoms. The van der Waals surface area contributed by atoms with Gasteiger partial charge in [-0.3, -0.25) is 4.98 Å². The molecule has 0 amide bonds. The molecule has 2 aromatic carbocycles. The minimum atomic E-state index is -0.245. The molecule has 130 valence electrons. The quantitative estimate of drug-likeness (QED) is 0.588. The zero-order chi connectivity index (χ0) is 17.9. The molecular weight excluding hydrogens is 326 g/mol. The zero-order valence-electron chi connectivity index (χ0n) is 14.4. The van der Waals surface area contributed by atoms with Gasteiger partial charge in [0.25, 0.3) is 0 Å². The molecule has 2 aromatic heterocycles. The third-order valence-corrected chi connectivity index (χ3v) is 4.45. The molecule has 0 aliphatic carbocycles. The molecule has 0 saturated heterocycles. The van der Waals surface area contributed by atoms with Crippen molar-refractivity contribution in [3.05, 3.63) is 78.1 Å². The maximum Gasteiger partial charge on any atom is 0.167 e. The van der Waals surface area contributed by atoms with Crippen LogP contribution in [0.4, 0.5) is 0 Å². The number of fused-ring (bicyclic) bond motifs is 1. The van der Waals surface area contributed by atoms with Crippen molar-refractivity contribution in [1.29, 1.82) is 0 Å². The molecule has 26 heavy (non-hydrogen) atoms. The fourth-order valence-corrected chi connectivity index (χ4v) is 3.12. The van der Waals surface area contributed by atoms with Crippen LogP contribution in [-0.2, 0) is 6.42 Å². The fourth-order valence-electron chi connectivity index (χ4n) is 3.12. The third kappa shape index (κ3) is 3.05. The van der Waals surface area contributed by atoms with Gasteiger partial charge < -0.3 is 15.0 Å². The van der Waals surface area contributed by atoms with Gasteiger partial charge in [0, 0.05) is 35.3 Å². The highest BCUT2D eigenvalue weighted by atomic mass is 16.5. The Morgan fingerprint density at radius 2 is 1.92 bits per heavy atom. The van der Waals surface area contributed by atoms with Crippen molar-refractivity contribution in [2.24, 2.45) is 5.73 Å². The molecule has 4 aromatic rings. The molecule has 0 radical (unpaired) electrons. The molecule has 5 heteroatoms. The molecule has 0 bridgehead atoms. The van der Waals surface area contributed by atoms with Crippen molar-refractivity contribution < 1.29 is 9.26 Å². The Morgan fingerprint density at radius 1 is 1.08 bits per heavy atom. The minimum absolute atomic E-state index is 0.245. The maximum atomic E-state index is 6.55. The second kappa shape index (κ2) is 6.98. The summed E-state index contributed by atoms with van der Waals surface area (Å²) >= 11 is 0. The third-order valence-electron chi connectivity index (χ3n) is 4.45. The summed E-state index contributed by atoms with van der Waals surface area (Å²) in [5.74, 6) is 0.757. The lowest BCUT2D eigenvalue weighted by molar-refractivity contribution is 0.413. The number of methoxy groups -OCH3 is 1. The van der Waals surface area contributed by atoms with Crippen molar-refractivity contribution in [3.8, 4) is 17.0 Å². The van der Waals surface area contributed by atoms with Gasteiger partial charge in [0.1, 0.15) is 11.4 Å². The SMILES string of the molecule is COc1ccc(-c2noc3ccccc23)c([C@@H](N)Cc2ccccn2)c1. The van der Waals surface area contributed by atoms with E-state index < -0.39 is 0 Å². The van der Waals surface area contributed by atoms with Crippen LogP contribution in [-0.4, -0.2) is 17.3 Å². The number of nitrogens with two attached hydrogens (primary N) is 1. The second-order valence-corrected chi connectivity index (χ2v) is 6.11. The predicted molar refractivity (Wildman–Crippen MR) is 101 cm³/mol. The number of aromatic nitrogens is 2. The Kier molecular flexibility index (Phi) is 4.37. The number of para-hydroxylation sites is 1. The smallest absolute Gasteiger partial charge is 0.167 e. The van der Waals surface area contributed by atoms with Gasteiger partial charge in [-0.05, 0) is 48.0 Å². The predicted octanol–water partition coefficient (Wildman–Crippen LogP) is 4.14. The lowest BCUT2D eigenvalue weighted by Gasteiger charge is -2.16. The Bertz CT molecular complexity index is 1030. The van der Waals surface area contributed by atoms with Crippen molar-refractivity contribution >= 4 is 11.0 Å². The molecule has 0 aliphatic rings. The van der Waals surface area contributed by atoms with Gasteiger partial charge >= 0.3 is 0 Å². The molecule has 2 heterocycles. The van der Waals surface area contributed by atoms with E-state index in [1.54, 1.807) is 13.3 Å². The van der Waals surface area contributed by atoms with Crippen LogP contribution in [0.2, 0.25) is 0 Å². The van der Waals surface area contributed by atoms with Gasteiger partial charge in [-0.15, -0.1) is 0 Å². The molecule has 5 nitrogen and oxygen atoms in total. The van der Waals surface area contributed by atoms with E-state index in [2.05, 4.69) is 10.1 Å². The summed E-state index contributed by atoms with van der Waals surface area (Å²) in [6, 6.07) is 19.3. The maximum absolute atomic E-state index is 6.55. The Balaban J connectivity index is 1.80. The molecule has 0 saturated carbocycles. The van der Waals surface area contributed by atoms with Gasteiger partial charge in [-0.2, -0.15) is 0 Å². The van der Waals surface area contributed by atoms with E-state index in [-0.39, 0.29) is 6.04 Å². The summed E-state index contributed by atoms with van der Waals surface area (Å²) in [4.78, 5) is 4.38. The van der Waals surface area contributed by atoms with E-state index in [0.717, 1.165) is 39.2 Å². The van der Waals surface area contributed by atoms with Crippen molar-refractivity contribution in [2.45, 2.75) is 12.5 Å². The molecule has 1 atom stereocenters. The summed E-state index contributed by atoms with van der Waals surface area (Å²) < 4.78 is 10.9. The number of hydrogen-bond acceptors (Lipinski definition) is 5. The van der Waals surface area contributed by atoms with E-state index in [1.165, 1.54) is 0 Å². The molecule has 0 fully saturated rings. The summed E-state index contributed by atoms with van der Waals surface area (Å²) in [7, 11) is 1.65. The van der Waals surface area contributed by atoms with Crippen molar-refractivity contribution in [1.82, 2.24) is 10.1 Å². The molecular formula is C21H19N3O2. The van der Waals surface area contributed by atoms with Crippen LogP contribution < -0.4 is 10.5 Å². The van der Waals surface area contributed by atoms with Crippen LogP contribution in [0.3, 0.4) is 0 Å². The molecule has 4 rings (SSSR count). The minimum Gasteiger partial charge on any atom is -0.497 e.